The van der Waals surface area contributed by atoms with Gasteiger partial charge in [-0.3, -0.25) is 10.1 Å². The second-order valence-corrected chi connectivity index (χ2v) is 5.17. The molecule has 0 bridgehead atoms. The van der Waals surface area contributed by atoms with Crippen LogP contribution in [-0.2, 0) is 6.42 Å². The van der Waals surface area contributed by atoms with Gasteiger partial charge in [-0.2, -0.15) is 0 Å². The van der Waals surface area contributed by atoms with E-state index < -0.39 is 4.92 Å². The standard InChI is InChI=1S/C16H17N3O3S/c1-22-15-11-13(19(20)21)7-8-14(15)18-16(23)17-10-9-12-5-3-2-4-6-12/h2-8,11H,9-10H2,1H3,(H2,17,18,23). The van der Waals surface area contributed by atoms with Crippen molar-refractivity contribution in [1.82, 2.24) is 5.32 Å². The molecule has 7 heteroatoms. The van der Waals surface area contributed by atoms with Crippen LogP contribution in [-0.4, -0.2) is 23.7 Å². The number of nitrogens with zero attached hydrogens (tertiary/aromatic N) is 1. The molecule has 0 aliphatic heterocycles. The van der Waals surface area contributed by atoms with Crippen LogP contribution >= 0.6 is 12.2 Å². The van der Waals surface area contributed by atoms with Gasteiger partial charge in [0.15, 0.2) is 5.11 Å². The molecule has 6 nitrogen and oxygen atoms in total. The summed E-state index contributed by atoms with van der Waals surface area (Å²) in [5.41, 5.74) is 1.77. The molecule has 120 valence electrons. The molecular weight excluding hydrogens is 314 g/mol. The lowest BCUT2D eigenvalue weighted by atomic mass is 10.1. The summed E-state index contributed by atoms with van der Waals surface area (Å²) in [6, 6.07) is 14.4. The first-order valence-electron chi connectivity index (χ1n) is 7.01. The average molecular weight is 331 g/mol. The fraction of sp³-hybridized carbons (Fsp3) is 0.188. The molecule has 0 saturated carbocycles. The highest BCUT2D eigenvalue weighted by molar-refractivity contribution is 7.80. The zero-order chi connectivity index (χ0) is 16.7. The maximum atomic E-state index is 10.8. The zero-order valence-electron chi connectivity index (χ0n) is 12.6. The molecule has 0 spiro atoms. The lowest BCUT2D eigenvalue weighted by Crippen LogP contribution is -2.30. The topological polar surface area (TPSA) is 76.4 Å². The molecule has 0 fully saturated rings. The molecule has 0 amide bonds. The Balaban J connectivity index is 1.91. The highest BCUT2D eigenvalue weighted by Gasteiger charge is 2.12. The largest absolute Gasteiger partial charge is 0.494 e. The number of hydrogen-bond acceptors (Lipinski definition) is 4. The predicted octanol–water partition coefficient (Wildman–Crippen LogP) is 3.13. The maximum absolute atomic E-state index is 10.8. The fourth-order valence-electron chi connectivity index (χ4n) is 2.03. The number of benzene rings is 2. The van der Waals surface area contributed by atoms with Crippen LogP contribution in [0, 0.1) is 10.1 Å². The zero-order valence-corrected chi connectivity index (χ0v) is 13.4. The van der Waals surface area contributed by atoms with Crippen LogP contribution in [0.4, 0.5) is 11.4 Å². The third kappa shape index (κ3) is 4.93. The molecule has 0 saturated heterocycles. The Bertz CT molecular complexity index is 692. The Labute approximate surface area is 139 Å². The van der Waals surface area contributed by atoms with Crippen molar-refractivity contribution in [2.24, 2.45) is 0 Å². The van der Waals surface area contributed by atoms with Gasteiger partial charge in [-0.25, -0.2) is 0 Å². The molecule has 23 heavy (non-hydrogen) atoms. The number of nitrogens with one attached hydrogen (secondary N) is 2. The first-order valence-corrected chi connectivity index (χ1v) is 7.42. The summed E-state index contributed by atoms with van der Waals surface area (Å²) >= 11 is 5.23. The number of nitro benzene ring substituents is 1. The van der Waals surface area contributed by atoms with Gasteiger partial charge >= 0.3 is 0 Å². The molecule has 0 aliphatic rings. The van der Waals surface area contributed by atoms with E-state index in [1.165, 1.54) is 24.8 Å². The normalized spacial score (nSPS) is 9.96. The molecule has 0 heterocycles. The maximum Gasteiger partial charge on any atom is 0.273 e. The first kappa shape index (κ1) is 16.7. The first-order chi connectivity index (χ1) is 11.1. The van der Waals surface area contributed by atoms with Gasteiger partial charge in [0.2, 0.25) is 0 Å². The van der Waals surface area contributed by atoms with Gasteiger partial charge in [0.1, 0.15) is 5.75 Å². The van der Waals surface area contributed by atoms with Crippen molar-refractivity contribution < 1.29 is 9.66 Å². The number of methoxy groups -OCH3 is 1. The quantitative estimate of drug-likeness (QED) is 0.481. The third-order valence-electron chi connectivity index (χ3n) is 3.19. The molecule has 2 rings (SSSR count). The minimum atomic E-state index is -0.470. The van der Waals surface area contributed by atoms with Crippen LogP contribution in [0.3, 0.4) is 0 Å². The number of non-ortho nitro benzene ring substituents is 1. The number of thiocarbonyl (C=S) groups is 1. The van der Waals surface area contributed by atoms with E-state index in [4.69, 9.17) is 17.0 Å². The molecule has 0 unspecified atom stereocenters. The summed E-state index contributed by atoms with van der Waals surface area (Å²) < 4.78 is 5.16. The molecule has 2 aromatic carbocycles. The van der Waals surface area contributed by atoms with Crippen molar-refractivity contribution in [2.75, 3.05) is 19.0 Å². The van der Waals surface area contributed by atoms with E-state index in [-0.39, 0.29) is 5.69 Å². The number of nitro groups is 1. The lowest BCUT2D eigenvalue weighted by Gasteiger charge is -2.13. The van der Waals surface area contributed by atoms with Crippen LogP contribution in [0.5, 0.6) is 5.75 Å². The van der Waals surface area contributed by atoms with Crippen molar-refractivity contribution in [1.29, 1.82) is 0 Å². The van der Waals surface area contributed by atoms with E-state index in [0.29, 0.717) is 23.1 Å². The van der Waals surface area contributed by atoms with Gasteiger partial charge in [-0.05, 0) is 30.3 Å². The van der Waals surface area contributed by atoms with E-state index >= 15 is 0 Å². The minimum Gasteiger partial charge on any atom is -0.494 e. The van der Waals surface area contributed by atoms with Gasteiger partial charge < -0.3 is 15.4 Å². The summed E-state index contributed by atoms with van der Waals surface area (Å²) in [5, 5.41) is 17.3. The van der Waals surface area contributed by atoms with Gasteiger partial charge in [-0.1, -0.05) is 30.3 Å². The van der Waals surface area contributed by atoms with Gasteiger partial charge in [0.05, 0.1) is 23.8 Å². The smallest absolute Gasteiger partial charge is 0.273 e. The number of rotatable bonds is 6. The van der Waals surface area contributed by atoms with Crippen molar-refractivity contribution >= 4 is 28.7 Å². The molecular formula is C16H17N3O3S. The van der Waals surface area contributed by atoms with Gasteiger partial charge in [0.25, 0.3) is 5.69 Å². The Morgan fingerprint density at radius 3 is 2.65 bits per heavy atom. The molecule has 0 radical (unpaired) electrons. The van der Waals surface area contributed by atoms with Gasteiger partial charge in [0, 0.05) is 12.6 Å². The van der Waals surface area contributed by atoms with Crippen molar-refractivity contribution in [2.45, 2.75) is 6.42 Å². The number of anilines is 1. The van der Waals surface area contributed by atoms with E-state index in [1.807, 2.05) is 18.2 Å². The lowest BCUT2D eigenvalue weighted by molar-refractivity contribution is -0.384. The van der Waals surface area contributed by atoms with Crippen molar-refractivity contribution in [3.8, 4) is 5.75 Å². The van der Waals surface area contributed by atoms with Crippen molar-refractivity contribution in [3.63, 3.8) is 0 Å². The second kappa shape index (κ2) is 8.09. The van der Waals surface area contributed by atoms with E-state index in [0.717, 1.165) is 6.42 Å². The molecule has 0 aromatic heterocycles. The molecule has 2 aromatic rings. The van der Waals surface area contributed by atoms with Crippen LogP contribution in [0.25, 0.3) is 0 Å². The summed E-state index contributed by atoms with van der Waals surface area (Å²) in [5.74, 6) is 0.367. The average Bonchev–Trinajstić information content (AvgIpc) is 2.56. The molecule has 0 aliphatic carbocycles. The third-order valence-corrected chi connectivity index (χ3v) is 3.43. The van der Waals surface area contributed by atoms with E-state index in [2.05, 4.69) is 22.8 Å². The van der Waals surface area contributed by atoms with Crippen LogP contribution < -0.4 is 15.4 Å². The predicted molar refractivity (Wildman–Crippen MR) is 94.0 cm³/mol. The van der Waals surface area contributed by atoms with E-state index in [9.17, 15) is 10.1 Å². The highest BCUT2D eigenvalue weighted by atomic mass is 32.1. The SMILES string of the molecule is COc1cc([N+](=O)[O-])ccc1NC(=S)NCCc1ccccc1. The molecule has 0 atom stereocenters. The highest BCUT2D eigenvalue weighted by Crippen LogP contribution is 2.28. The number of ether oxygens (including phenoxy) is 1. The Morgan fingerprint density at radius 1 is 1.26 bits per heavy atom. The number of hydrogen-bond donors (Lipinski definition) is 2. The molecule has 2 N–H and O–H groups in total. The van der Waals surface area contributed by atoms with Crippen LogP contribution in [0.2, 0.25) is 0 Å². The minimum absolute atomic E-state index is 0.0321. The van der Waals surface area contributed by atoms with E-state index in [1.54, 1.807) is 6.07 Å². The van der Waals surface area contributed by atoms with Gasteiger partial charge in [-0.15, -0.1) is 0 Å². The summed E-state index contributed by atoms with van der Waals surface area (Å²) in [6.07, 6.45) is 0.847. The Kier molecular flexibility index (Phi) is 5.87. The van der Waals surface area contributed by atoms with Crippen LogP contribution in [0.1, 0.15) is 5.56 Å². The summed E-state index contributed by atoms with van der Waals surface area (Å²) in [7, 11) is 1.45. The fourth-order valence-corrected chi connectivity index (χ4v) is 2.24. The Morgan fingerprint density at radius 2 is 2.00 bits per heavy atom. The monoisotopic (exact) mass is 331 g/mol. The Hall–Kier alpha value is -2.67. The summed E-state index contributed by atoms with van der Waals surface area (Å²) in [6.45, 7) is 0.686. The van der Waals surface area contributed by atoms with Crippen LogP contribution in [0.15, 0.2) is 48.5 Å². The second-order valence-electron chi connectivity index (χ2n) is 4.76. The summed E-state index contributed by atoms with van der Waals surface area (Å²) in [4.78, 5) is 10.3. The van der Waals surface area contributed by atoms with Crippen molar-refractivity contribution in [3.05, 3.63) is 64.2 Å².